The molecule has 0 spiro atoms. The van der Waals surface area contributed by atoms with Crippen LogP contribution in [-0.4, -0.2) is 22.2 Å². The highest BCUT2D eigenvalue weighted by Gasteiger charge is 2.24. The SMILES string of the molecule is Cc1cccc(Cl)c1-n1ncc2c1COCC2=O. The predicted octanol–water partition coefficient (Wildman–Crippen LogP) is 2.55. The molecule has 2 heterocycles. The number of benzene rings is 1. The molecule has 2 aromatic rings. The van der Waals surface area contributed by atoms with E-state index >= 15 is 0 Å². The predicted molar refractivity (Wildman–Crippen MR) is 67.3 cm³/mol. The van der Waals surface area contributed by atoms with Crippen LogP contribution in [0.15, 0.2) is 24.4 Å². The second-order valence-corrected chi connectivity index (χ2v) is 4.65. The number of carbonyl (C=O) groups excluding carboxylic acids is 1. The van der Waals surface area contributed by atoms with Crippen molar-refractivity contribution in [2.45, 2.75) is 13.5 Å². The maximum atomic E-state index is 11.7. The Bertz CT molecular complexity index is 614. The standard InChI is InChI=1S/C13H11ClN2O2/c1-8-3-2-4-10(14)13(8)16-11-6-18-7-12(17)9(11)5-15-16/h2-5H,6-7H2,1H3. The largest absolute Gasteiger partial charge is 0.367 e. The van der Waals surface area contributed by atoms with Crippen LogP contribution < -0.4 is 0 Å². The fourth-order valence-corrected chi connectivity index (χ4v) is 2.45. The second kappa shape index (κ2) is 4.23. The normalized spacial score (nSPS) is 14.7. The Balaban J connectivity index is 2.22. The van der Waals surface area contributed by atoms with Crippen LogP contribution in [0.3, 0.4) is 0 Å². The van der Waals surface area contributed by atoms with Crippen molar-refractivity contribution in [3.8, 4) is 5.69 Å². The Hall–Kier alpha value is -1.65. The number of aromatic nitrogens is 2. The molecule has 5 heteroatoms. The topological polar surface area (TPSA) is 44.1 Å². The molecule has 0 fully saturated rings. The number of para-hydroxylation sites is 1. The smallest absolute Gasteiger partial charge is 0.192 e. The minimum atomic E-state index is -0.0350. The first-order valence-electron chi connectivity index (χ1n) is 5.62. The zero-order chi connectivity index (χ0) is 12.7. The van der Waals surface area contributed by atoms with E-state index < -0.39 is 0 Å². The fraction of sp³-hybridized carbons (Fsp3) is 0.231. The third-order valence-electron chi connectivity index (χ3n) is 3.04. The van der Waals surface area contributed by atoms with Crippen molar-refractivity contribution in [3.05, 3.63) is 46.2 Å². The summed E-state index contributed by atoms with van der Waals surface area (Å²) in [6.45, 7) is 2.47. The summed E-state index contributed by atoms with van der Waals surface area (Å²) in [5.74, 6) is -0.0350. The third-order valence-corrected chi connectivity index (χ3v) is 3.35. The average molecular weight is 263 g/mol. The van der Waals surface area contributed by atoms with Gasteiger partial charge in [-0.15, -0.1) is 0 Å². The molecule has 1 aromatic heterocycles. The minimum Gasteiger partial charge on any atom is -0.367 e. The average Bonchev–Trinajstić information content (AvgIpc) is 2.75. The Labute approximate surface area is 109 Å². The first-order valence-corrected chi connectivity index (χ1v) is 5.99. The number of hydrogen-bond donors (Lipinski definition) is 0. The third kappa shape index (κ3) is 1.65. The van der Waals surface area contributed by atoms with E-state index in [-0.39, 0.29) is 12.4 Å². The van der Waals surface area contributed by atoms with Crippen molar-refractivity contribution >= 4 is 17.4 Å². The van der Waals surface area contributed by atoms with E-state index in [1.165, 1.54) is 0 Å². The lowest BCUT2D eigenvalue weighted by atomic mass is 10.1. The maximum absolute atomic E-state index is 11.7. The lowest BCUT2D eigenvalue weighted by Crippen LogP contribution is -2.19. The molecule has 3 rings (SSSR count). The zero-order valence-electron chi connectivity index (χ0n) is 9.81. The van der Waals surface area contributed by atoms with Crippen molar-refractivity contribution in [1.29, 1.82) is 0 Å². The van der Waals surface area contributed by atoms with Crippen LogP contribution in [0, 0.1) is 6.92 Å². The van der Waals surface area contributed by atoms with E-state index in [0.717, 1.165) is 16.9 Å². The quantitative estimate of drug-likeness (QED) is 0.793. The van der Waals surface area contributed by atoms with Crippen molar-refractivity contribution in [3.63, 3.8) is 0 Å². The molecule has 0 saturated heterocycles. The first-order chi connectivity index (χ1) is 8.68. The van der Waals surface area contributed by atoms with Crippen LogP contribution in [-0.2, 0) is 11.3 Å². The number of ether oxygens (including phenoxy) is 1. The van der Waals surface area contributed by atoms with Gasteiger partial charge < -0.3 is 4.74 Å². The second-order valence-electron chi connectivity index (χ2n) is 4.24. The number of halogens is 1. The Morgan fingerprint density at radius 2 is 2.22 bits per heavy atom. The molecule has 0 atom stereocenters. The van der Waals surface area contributed by atoms with Gasteiger partial charge in [0.2, 0.25) is 0 Å². The van der Waals surface area contributed by atoms with Gasteiger partial charge in [0.25, 0.3) is 0 Å². The van der Waals surface area contributed by atoms with E-state index in [1.54, 1.807) is 10.9 Å². The molecule has 0 N–H and O–H groups in total. The van der Waals surface area contributed by atoms with Crippen LogP contribution in [0.4, 0.5) is 0 Å². The van der Waals surface area contributed by atoms with Crippen LogP contribution in [0.2, 0.25) is 5.02 Å². The van der Waals surface area contributed by atoms with Gasteiger partial charge in [-0.1, -0.05) is 23.7 Å². The molecule has 0 radical (unpaired) electrons. The summed E-state index contributed by atoms with van der Waals surface area (Å²) in [5, 5.41) is 4.88. The molecule has 0 bridgehead atoms. The monoisotopic (exact) mass is 262 g/mol. The van der Waals surface area contributed by atoms with E-state index in [2.05, 4.69) is 5.10 Å². The lowest BCUT2D eigenvalue weighted by Gasteiger charge is -2.16. The Morgan fingerprint density at radius 3 is 3.00 bits per heavy atom. The number of Topliss-reactive ketones (excluding diaryl/α,β-unsaturated/α-hetero) is 1. The number of aryl methyl sites for hydroxylation is 1. The van der Waals surface area contributed by atoms with Gasteiger partial charge in [0.05, 0.1) is 34.8 Å². The van der Waals surface area contributed by atoms with Gasteiger partial charge in [-0.2, -0.15) is 5.10 Å². The number of fused-ring (bicyclic) bond motifs is 1. The van der Waals surface area contributed by atoms with E-state index in [0.29, 0.717) is 17.2 Å². The first kappa shape index (κ1) is 11.4. The number of rotatable bonds is 1. The van der Waals surface area contributed by atoms with E-state index in [4.69, 9.17) is 16.3 Å². The minimum absolute atomic E-state index is 0.0350. The molecular weight excluding hydrogens is 252 g/mol. The molecule has 0 saturated carbocycles. The molecule has 4 nitrogen and oxygen atoms in total. The number of carbonyl (C=O) groups is 1. The summed E-state index contributed by atoms with van der Waals surface area (Å²) in [7, 11) is 0. The van der Waals surface area contributed by atoms with Crippen molar-refractivity contribution in [2.24, 2.45) is 0 Å². The molecule has 1 aliphatic heterocycles. The van der Waals surface area contributed by atoms with Crippen LogP contribution in [0.5, 0.6) is 0 Å². The number of hydrogen-bond acceptors (Lipinski definition) is 3. The molecule has 1 aliphatic rings. The molecule has 92 valence electrons. The fourth-order valence-electron chi connectivity index (χ4n) is 2.15. The van der Waals surface area contributed by atoms with Crippen molar-refractivity contribution in [2.75, 3.05) is 6.61 Å². The van der Waals surface area contributed by atoms with Gasteiger partial charge in [-0.25, -0.2) is 4.68 Å². The summed E-state index contributed by atoms with van der Waals surface area (Å²) >= 11 is 6.21. The lowest BCUT2D eigenvalue weighted by molar-refractivity contribution is 0.0653. The molecule has 0 aliphatic carbocycles. The van der Waals surface area contributed by atoms with Gasteiger partial charge in [-0.05, 0) is 18.6 Å². The Kier molecular flexibility index (Phi) is 2.69. The highest BCUT2D eigenvalue weighted by Crippen LogP contribution is 2.27. The maximum Gasteiger partial charge on any atom is 0.192 e. The summed E-state index contributed by atoms with van der Waals surface area (Å²) in [4.78, 5) is 11.7. The van der Waals surface area contributed by atoms with E-state index in [1.807, 2.05) is 25.1 Å². The van der Waals surface area contributed by atoms with Gasteiger partial charge in [-0.3, -0.25) is 4.79 Å². The van der Waals surface area contributed by atoms with Gasteiger partial charge in [0.15, 0.2) is 5.78 Å². The summed E-state index contributed by atoms with van der Waals surface area (Å²) < 4.78 is 6.95. The summed E-state index contributed by atoms with van der Waals surface area (Å²) in [5.41, 5.74) is 3.20. The van der Waals surface area contributed by atoms with Crippen LogP contribution in [0.25, 0.3) is 5.69 Å². The number of ketones is 1. The van der Waals surface area contributed by atoms with Gasteiger partial charge in [0, 0.05) is 0 Å². The summed E-state index contributed by atoms with van der Waals surface area (Å²) in [6, 6.07) is 5.66. The highest BCUT2D eigenvalue weighted by molar-refractivity contribution is 6.32. The van der Waals surface area contributed by atoms with Crippen molar-refractivity contribution < 1.29 is 9.53 Å². The molecular formula is C13H11ClN2O2. The highest BCUT2D eigenvalue weighted by atomic mass is 35.5. The molecule has 0 amide bonds. The molecule has 0 unspecified atom stereocenters. The van der Waals surface area contributed by atoms with Crippen LogP contribution in [0.1, 0.15) is 21.6 Å². The number of nitrogens with zero attached hydrogens (tertiary/aromatic N) is 2. The van der Waals surface area contributed by atoms with Crippen molar-refractivity contribution in [1.82, 2.24) is 9.78 Å². The molecule has 18 heavy (non-hydrogen) atoms. The van der Waals surface area contributed by atoms with Gasteiger partial charge >= 0.3 is 0 Å². The van der Waals surface area contributed by atoms with Gasteiger partial charge in [0.1, 0.15) is 6.61 Å². The van der Waals surface area contributed by atoms with Crippen LogP contribution >= 0.6 is 11.6 Å². The summed E-state index contributed by atoms with van der Waals surface area (Å²) in [6.07, 6.45) is 1.59. The zero-order valence-corrected chi connectivity index (χ0v) is 10.6. The Morgan fingerprint density at radius 1 is 1.39 bits per heavy atom. The van der Waals surface area contributed by atoms with E-state index in [9.17, 15) is 4.79 Å². The molecule has 1 aromatic carbocycles.